The number of nitrogens with one attached hydrogen (secondary N) is 1. The van der Waals surface area contributed by atoms with Crippen LogP contribution in [0.1, 0.15) is 16.1 Å². The van der Waals surface area contributed by atoms with Gasteiger partial charge < -0.3 is 15.6 Å². The molecule has 3 N–H and O–H groups in total. The van der Waals surface area contributed by atoms with E-state index in [0.29, 0.717) is 17.1 Å². The zero-order chi connectivity index (χ0) is 13.3. The molecule has 0 saturated heterocycles. The SMILES string of the molecule is Cc1cc(NC(=O)c2cc(N)c(Cl)c(Cl)c2)no1. The van der Waals surface area contributed by atoms with Gasteiger partial charge in [-0.15, -0.1) is 0 Å². The molecule has 1 amide bonds. The van der Waals surface area contributed by atoms with E-state index in [2.05, 4.69) is 10.5 Å². The van der Waals surface area contributed by atoms with Gasteiger partial charge in [0.05, 0.1) is 15.7 Å². The number of aromatic nitrogens is 1. The molecule has 0 fully saturated rings. The monoisotopic (exact) mass is 285 g/mol. The number of nitrogens with two attached hydrogens (primary N) is 1. The molecule has 94 valence electrons. The van der Waals surface area contributed by atoms with E-state index in [0.717, 1.165) is 0 Å². The Morgan fingerprint density at radius 2 is 2.11 bits per heavy atom. The van der Waals surface area contributed by atoms with Crippen LogP contribution < -0.4 is 11.1 Å². The van der Waals surface area contributed by atoms with Crippen LogP contribution in [0.3, 0.4) is 0 Å². The predicted molar refractivity (Wildman–Crippen MR) is 70.1 cm³/mol. The summed E-state index contributed by atoms with van der Waals surface area (Å²) < 4.78 is 4.83. The number of carbonyl (C=O) groups is 1. The topological polar surface area (TPSA) is 81.2 Å². The van der Waals surface area contributed by atoms with E-state index in [4.69, 9.17) is 33.5 Å². The standard InChI is InChI=1S/C11H9Cl2N3O2/c1-5-2-9(16-18-5)15-11(17)6-3-7(12)10(13)8(14)4-6/h2-4H,14H2,1H3,(H,15,16,17). The molecule has 1 aromatic carbocycles. The van der Waals surface area contributed by atoms with Crippen LogP contribution >= 0.6 is 23.2 Å². The summed E-state index contributed by atoms with van der Waals surface area (Å²) >= 11 is 11.6. The highest BCUT2D eigenvalue weighted by Gasteiger charge is 2.12. The second-order valence-corrected chi connectivity index (χ2v) is 4.42. The van der Waals surface area contributed by atoms with Gasteiger partial charge in [-0.25, -0.2) is 0 Å². The Labute approximate surface area is 113 Å². The molecular formula is C11H9Cl2N3O2. The molecule has 7 heteroatoms. The molecule has 2 rings (SSSR count). The second-order valence-electron chi connectivity index (χ2n) is 3.64. The fraction of sp³-hybridized carbons (Fsp3) is 0.0909. The fourth-order valence-corrected chi connectivity index (χ4v) is 1.69. The minimum atomic E-state index is -0.395. The molecule has 0 unspecified atom stereocenters. The van der Waals surface area contributed by atoms with Crippen molar-refractivity contribution >= 4 is 40.6 Å². The molecule has 0 aliphatic carbocycles. The maximum absolute atomic E-state index is 11.9. The molecule has 0 bridgehead atoms. The summed E-state index contributed by atoms with van der Waals surface area (Å²) in [6.07, 6.45) is 0. The van der Waals surface area contributed by atoms with Crippen LogP contribution in [-0.4, -0.2) is 11.1 Å². The van der Waals surface area contributed by atoms with Crippen molar-refractivity contribution in [3.05, 3.63) is 39.6 Å². The van der Waals surface area contributed by atoms with Crippen molar-refractivity contribution in [2.75, 3.05) is 11.1 Å². The third-order valence-corrected chi connectivity index (χ3v) is 3.00. The molecule has 0 spiro atoms. The van der Waals surface area contributed by atoms with Crippen molar-refractivity contribution in [3.8, 4) is 0 Å². The predicted octanol–water partition coefficient (Wildman–Crippen LogP) is 3.12. The van der Waals surface area contributed by atoms with E-state index in [1.165, 1.54) is 12.1 Å². The van der Waals surface area contributed by atoms with E-state index in [-0.39, 0.29) is 15.7 Å². The number of halogens is 2. The van der Waals surface area contributed by atoms with Gasteiger partial charge in [0, 0.05) is 11.6 Å². The summed E-state index contributed by atoms with van der Waals surface area (Å²) in [7, 11) is 0. The summed E-state index contributed by atoms with van der Waals surface area (Å²) in [6.45, 7) is 1.72. The van der Waals surface area contributed by atoms with Crippen LogP contribution in [0.25, 0.3) is 0 Å². The van der Waals surface area contributed by atoms with Gasteiger partial charge in [-0.1, -0.05) is 28.4 Å². The zero-order valence-corrected chi connectivity index (χ0v) is 10.8. The minimum Gasteiger partial charge on any atom is -0.397 e. The van der Waals surface area contributed by atoms with E-state index in [1.807, 2.05) is 0 Å². The first-order chi connectivity index (χ1) is 8.47. The van der Waals surface area contributed by atoms with Crippen molar-refractivity contribution in [2.45, 2.75) is 6.92 Å². The average molecular weight is 286 g/mol. The fourth-order valence-electron chi connectivity index (χ4n) is 1.36. The van der Waals surface area contributed by atoms with Gasteiger partial charge in [0.2, 0.25) is 0 Å². The molecule has 0 radical (unpaired) electrons. The lowest BCUT2D eigenvalue weighted by Crippen LogP contribution is -2.12. The minimum absolute atomic E-state index is 0.221. The Hall–Kier alpha value is -1.72. The van der Waals surface area contributed by atoms with Gasteiger partial charge in [0.15, 0.2) is 5.82 Å². The molecule has 1 heterocycles. The van der Waals surface area contributed by atoms with Crippen LogP contribution in [-0.2, 0) is 0 Å². The maximum Gasteiger partial charge on any atom is 0.257 e. The van der Waals surface area contributed by atoms with E-state index in [1.54, 1.807) is 13.0 Å². The third kappa shape index (κ3) is 2.57. The number of carbonyl (C=O) groups excluding carboxylic acids is 1. The largest absolute Gasteiger partial charge is 0.397 e. The molecule has 18 heavy (non-hydrogen) atoms. The highest BCUT2D eigenvalue weighted by atomic mass is 35.5. The summed E-state index contributed by atoms with van der Waals surface area (Å²) in [5.41, 5.74) is 6.16. The van der Waals surface area contributed by atoms with Crippen LogP contribution in [0.5, 0.6) is 0 Å². The van der Waals surface area contributed by atoms with Crippen molar-refractivity contribution < 1.29 is 9.32 Å². The Morgan fingerprint density at radius 3 is 2.67 bits per heavy atom. The first-order valence-corrected chi connectivity index (χ1v) is 5.72. The second kappa shape index (κ2) is 4.88. The van der Waals surface area contributed by atoms with E-state index >= 15 is 0 Å². The van der Waals surface area contributed by atoms with Crippen LogP contribution in [0, 0.1) is 6.92 Å². The van der Waals surface area contributed by atoms with Crippen molar-refractivity contribution in [2.24, 2.45) is 0 Å². The van der Waals surface area contributed by atoms with Gasteiger partial charge in [0.1, 0.15) is 5.76 Å². The van der Waals surface area contributed by atoms with Gasteiger partial charge in [-0.05, 0) is 19.1 Å². The molecular weight excluding hydrogens is 277 g/mol. The summed E-state index contributed by atoms with van der Waals surface area (Å²) in [4.78, 5) is 11.9. The van der Waals surface area contributed by atoms with Crippen LogP contribution in [0.4, 0.5) is 11.5 Å². The number of anilines is 2. The van der Waals surface area contributed by atoms with Crippen LogP contribution in [0.2, 0.25) is 10.0 Å². The molecule has 0 saturated carbocycles. The summed E-state index contributed by atoms with van der Waals surface area (Å²) in [5.74, 6) is 0.523. The molecule has 0 atom stereocenters. The maximum atomic E-state index is 11.9. The van der Waals surface area contributed by atoms with E-state index in [9.17, 15) is 4.79 Å². The Kier molecular flexibility index (Phi) is 3.45. The number of nitrogens with zero attached hydrogens (tertiary/aromatic N) is 1. The average Bonchev–Trinajstić information content (AvgIpc) is 2.71. The molecule has 0 aliphatic heterocycles. The summed E-state index contributed by atoms with van der Waals surface area (Å²) in [6, 6.07) is 4.47. The molecule has 1 aromatic heterocycles. The number of aryl methyl sites for hydroxylation is 1. The molecule has 5 nitrogen and oxygen atoms in total. The number of benzene rings is 1. The summed E-state index contributed by atoms with van der Waals surface area (Å²) in [5, 5.41) is 6.65. The number of nitrogen functional groups attached to an aromatic ring is 1. The zero-order valence-electron chi connectivity index (χ0n) is 9.33. The smallest absolute Gasteiger partial charge is 0.257 e. The number of rotatable bonds is 2. The molecule has 0 aliphatic rings. The van der Waals surface area contributed by atoms with Crippen molar-refractivity contribution in [3.63, 3.8) is 0 Å². The number of hydrogen-bond acceptors (Lipinski definition) is 4. The first kappa shape index (κ1) is 12.7. The van der Waals surface area contributed by atoms with Crippen LogP contribution in [0.15, 0.2) is 22.7 Å². The molecule has 2 aromatic rings. The lowest BCUT2D eigenvalue weighted by molar-refractivity contribution is 0.102. The van der Waals surface area contributed by atoms with Gasteiger partial charge in [-0.2, -0.15) is 0 Å². The number of amides is 1. The van der Waals surface area contributed by atoms with Crippen molar-refractivity contribution in [1.82, 2.24) is 5.16 Å². The lowest BCUT2D eigenvalue weighted by atomic mass is 10.2. The quantitative estimate of drug-likeness (QED) is 0.831. The lowest BCUT2D eigenvalue weighted by Gasteiger charge is -2.05. The number of hydrogen-bond donors (Lipinski definition) is 2. The third-order valence-electron chi connectivity index (χ3n) is 2.19. The highest BCUT2D eigenvalue weighted by Crippen LogP contribution is 2.29. The highest BCUT2D eigenvalue weighted by molar-refractivity contribution is 6.44. The Balaban J connectivity index is 2.24. The van der Waals surface area contributed by atoms with Gasteiger partial charge in [0.25, 0.3) is 5.91 Å². The van der Waals surface area contributed by atoms with Gasteiger partial charge >= 0.3 is 0 Å². The van der Waals surface area contributed by atoms with Gasteiger partial charge in [-0.3, -0.25) is 4.79 Å². The first-order valence-electron chi connectivity index (χ1n) is 4.96. The Morgan fingerprint density at radius 1 is 1.39 bits per heavy atom. The Bertz CT molecular complexity index is 587. The van der Waals surface area contributed by atoms with Crippen molar-refractivity contribution in [1.29, 1.82) is 0 Å². The van der Waals surface area contributed by atoms with E-state index < -0.39 is 5.91 Å². The normalized spacial score (nSPS) is 10.4.